The number of halogens is 1. The molecule has 1 atom stereocenters. The Balaban J connectivity index is 2.48. The zero-order chi connectivity index (χ0) is 15.8. The van der Waals surface area contributed by atoms with Gasteiger partial charge in [0.25, 0.3) is 5.69 Å². The van der Waals surface area contributed by atoms with Crippen LogP contribution in [-0.4, -0.2) is 47.4 Å². The van der Waals surface area contributed by atoms with Crippen molar-refractivity contribution in [2.75, 3.05) is 26.3 Å². The first-order valence-electron chi connectivity index (χ1n) is 6.03. The van der Waals surface area contributed by atoms with Crippen molar-refractivity contribution in [2.24, 2.45) is 0 Å². The number of nitrogens with zero attached hydrogens (tertiary/aromatic N) is 2. The molecule has 1 aromatic carbocycles. The third-order valence-electron chi connectivity index (χ3n) is 2.54. The van der Waals surface area contributed by atoms with Gasteiger partial charge in [0.15, 0.2) is 0 Å². The van der Waals surface area contributed by atoms with Crippen molar-refractivity contribution < 1.29 is 24.8 Å². The summed E-state index contributed by atoms with van der Waals surface area (Å²) < 4.78 is 4.34. The average molecular weight is 409 g/mol. The number of rotatable bonds is 8. The highest BCUT2D eigenvalue weighted by Gasteiger charge is 2.19. The summed E-state index contributed by atoms with van der Waals surface area (Å²) in [4.78, 5) is 21.8. The van der Waals surface area contributed by atoms with Gasteiger partial charge in [-0.05, 0) is 5.56 Å². The highest BCUT2D eigenvalue weighted by atomic mass is 127. The molecular weight excluding hydrogens is 395 g/mol. The predicted octanol–water partition coefficient (Wildman–Crippen LogP) is 1.25. The lowest BCUT2D eigenvalue weighted by Gasteiger charge is -2.13. The second-order valence-corrected chi connectivity index (χ2v) is 5.28. The monoisotopic (exact) mass is 409 g/mol. The molecule has 0 fully saturated rings. The van der Waals surface area contributed by atoms with Gasteiger partial charge in [0.05, 0.1) is 24.6 Å². The van der Waals surface area contributed by atoms with Crippen LogP contribution in [0.25, 0.3) is 0 Å². The van der Waals surface area contributed by atoms with Gasteiger partial charge in [-0.2, -0.15) is 0 Å². The number of alkyl halides is 1. The van der Waals surface area contributed by atoms with Gasteiger partial charge in [0.1, 0.15) is 10.5 Å². The van der Waals surface area contributed by atoms with Crippen molar-refractivity contribution >= 4 is 34.2 Å². The van der Waals surface area contributed by atoms with Gasteiger partial charge in [-0.1, -0.05) is 34.7 Å². The normalized spacial score (nSPS) is 12.2. The number of carbonyl (C=O) groups excluding carboxylic acids is 1. The topological polar surface area (TPSA) is 113 Å². The van der Waals surface area contributed by atoms with E-state index in [2.05, 4.69) is 0 Å². The van der Waals surface area contributed by atoms with Crippen molar-refractivity contribution in [3.8, 4) is 0 Å². The summed E-state index contributed by atoms with van der Waals surface area (Å²) in [5, 5.41) is 30.7. The first-order chi connectivity index (χ1) is 9.95. The van der Waals surface area contributed by atoms with Gasteiger partial charge in [-0.15, -0.1) is 10.3 Å². The minimum absolute atomic E-state index is 0.0179. The maximum Gasteiger partial charge on any atom is 0.323 e. The fraction of sp³-hybridized carbons (Fsp3) is 0.417. The van der Waals surface area contributed by atoms with Crippen LogP contribution >= 0.6 is 22.6 Å². The van der Waals surface area contributed by atoms with E-state index in [9.17, 15) is 20.1 Å². The quantitative estimate of drug-likeness (QED) is 0.227. The predicted molar refractivity (Wildman–Crippen MR) is 80.2 cm³/mol. The van der Waals surface area contributed by atoms with Crippen molar-refractivity contribution in [3.63, 3.8) is 0 Å². The second kappa shape index (κ2) is 8.87. The van der Waals surface area contributed by atoms with Gasteiger partial charge in [0, 0.05) is 12.1 Å². The molecule has 8 nitrogen and oxygen atoms in total. The molecule has 0 aromatic heterocycles. The molecule has 0 aliphatic carbocycles. The Bertz CT molecular complexity index is 481. The molecule has 1 radical (unpaired) electrons. The molecule has 0 saturated heterocycles. The Kier molecular flexibility index (Phi) is 7.50. The van der Waals surface area contributed by atoms with Crippen LogP contribution < -0.4 is 0 Å². The molecule has 1 rings (SSSR count). The second-order valence-electron chi connectivity index (χ2n) is 4.03. The van der Waals surface area contributed by atoms with Crippen molar-refractivity contribution in [1.29, 1.82) is 0 Å². The summed E-state index contributed by atoms with van der Waals surface area (Å²) in [5.74, 6) is -0.526. The van der Waals surface area contributed by atoms with Crippen LogP contribution in [0.2, 0.25) is 0 Å². The smallest absolute Gasteiger partial charge is 0.323 e. The van der Waals surface area contributed by atoms with Crippen molar-refractivity contribution in [1.82, 2.24) is 5.06 Å². The number of carbonyl (C=O) groups is 1. The Hall–Kier alpha value is -1.30. The number of non-ortho nitro benzene ring substituents is 1. The third kappa shape index (κ3) is 5.91. The number of nitro groups is 1. The Labute approximate surface area is 134 Å². The molecule has 1 aromatic rings. The molecule has 0 heterocycles. The first-order valence-corrected chi connectivity index (χ1v) is 7.28. The molecule has 9 heteroatoms. The molecule has 0 aliphatic heterocycles. The van der Waals surface area contributed by atoms with Crippen LogP contribution in [0, 0.1) is 10.1 Å². The molecule has 0 bridgehead atoms. The van der Waals surface area contributed by atoms with Crippen LogP contribution in [0.5, 0.6) is 0 Å². The van der Waals surface area contributed by atoms with Gasteiger partial charge in [-0.25, -0.2) is 0 Å². The number of ether oxygens (including phenoxy) is 1. The fourth-order valence-corrected chi connectivity index (χ4v) is 2.04. The van der Waals surface area contributed by atoms with Gasteiger partial charge < -0.3 is 9.84 Å². The molecule has 1 unspecified atom stereocenters. The molecule has 1 N–H and O–H groups in total. The first kappa shape index (κ1) is 17.8. The molecule has 115 valence electrons. The van der Waals surface area contributed by atoms with Crippen LogP contribution in [0.3, 0.4) is 0 Å². The SMILES string of the molecule is [O]N(CCO)CCOC(=O)C(I)c1ccc([N+](=O)[O-])cc1. The highest BCUT2D eigenvalue weighted by molar-refractivity contribution is 14.1. The Morgan fingerprint density at radius 2 is 2.00 bits per heavy atom. The lowest BCUT2D eigenvalue weighted by molar-refractivity contribution is -0.384. The third-order valence-corrected chi connectivity index (χ3v) is 3.77. The summed E-state index contributed by atoms with van der Waals surface area (Å²) >= 11 is 1.86. The number of nitro benzene ring substituents is 1. The number of hydroxylamine groups is 2. The molecule has 0 aliphatic rings. The van der Waals surface area contributed by atoms with Crippen LogP contribution in [0.15, 0.2) is 24.3 Å². The van der Waals surface area contributed by atoms with E-state index < -0.39 is 14.8 Å². The Morgan fingerprint density at radius 3 is 2.52 bits per heavy atom. The van der Waals surface area contributed by atoms with E-state index in [1.165, 1.54) is 24.3 Å². The van der Waals surface area contributed by atoms with E-state index in [-0.39, 0.29) is 32.0 Å². The number of benzene rings is 1. The summed E-state index contributed by atoms with van der Waals surface area (Å²) in [5.41, 5.74) is 0.530. The van der Waals surface area contributed by atoms with E-state index in [1.807, 2.05) is 22.6 Å². The van der Waals surface area contributed by atoms with E-state index in [1.54, 1.807) is 0 Å². The van der Waals surface area contributed by atoms with Crippen molar-refractivity contribution in [3.05, 3.63) is 39.9 Å². The standard InChI is InChI=1S/C12H14IN2O6/c13-11(9-1-3-10(4-2-9)15(19)20)12(17)21-8-6-14(18)5-7-16/h1-4,11,16H,5-8H2. The van der Waals surface area contributed by atoms with E-state index in [4.69, 9.17) is 9.84 Å². The van der Waals surface area contributed by atoms with E-state index in [0.29, 0.717) is 10.6 Å². The van der Waals surface area contributed by atoms with Crippen LogP contribution in [0.4, 0.5) is 5.69 Å². The summed E-state index contributed by atoms with van der Waals surface area (Å²) in [6.07, 6.45) is 0. The maximum absolute atomic E-state index is 11.8. The zero-order valence-electron chi connectivity index (χ0n) is 11.0. The molecular formula is C12H14IN2O6. The number of esters is 1. The summed E-state index contributed by atoms with van der Waals surface area (Å²) in [6.45, 7) is -0.381. The number of hydrogen-bond acceptors (Lipinski definition) is 6. The van der Waals surface area contributed by atoms with Crippen LogP contribution in [-0.2, 0) is 14.7 Å². The van der Waals surface area contributed by atoms with Gasteiger partial charge >= 0.3 is 5.97 Å². The summed E-state index contributed by atoms with van der Waals surface area (Å²) in [6, 6.07) is 5.61. The molecule has 0 saturated carbocycles. The van der Waals surface area contributed by atoms with Crippen molar-refractivity contribution in [2.45, 2.75) is 3.92 Å². The van der Waals surface area contributed by atoms with E-state index >= 15 is 0 Å². The zero-order valence-corrected chi connectivity index (χ0v) is 13.1. The minimum atomic E-state index is -0.610. The molecule has 0 amide bonds. The average Bonchev–Trinajstić information content (AvgIpc) is 2.46. The highest BCUT2D eigenvalue weighted by Crippen LogP contribution is 2.26. The Morgan fingerprint density at radius 1 is 1.38 bits per heavy atom. The number of hydrogen-bond donors (Lipinski definition) is 1. The minimum Gasteiger partial charge on any atom is -0.463 e. The van der Waals surface area contributed by atoms with Gasteiger partial charge in [-0.3, -0.25) is 14.9 Å². The van der Waals surface area contributed by atoms with Gasteiger partial charge in [0.2, 0.25) is 0 Å². The fourth-order valence-electron chi connectivity index (χ4n) is 1.45. The lowest BCUT2D eigenvalue weighted by atomic mass is 10.1. The summed E-state index contributed by atoms with van der Waals surface area (Å²) in [7, 11) is 0. The largest absolute Gasteiger partial charge is 0.463 e. The maximum atomic E-state index is 11.8. The molecule has 0 spiro atoms. The number of aliphatic hydroxyl groups excluding tert-OH is 1. The lowest BCUT2D eigenvalue weighted by Crippen LogP contribution is -2.27. The molecule has 21 heavy (non-hydrogen) atoms. The van der Waals surface area contributed by atoms with E-state index in [0.717, 1.165) is 0 Å². The van der Waals surface area contributed by atoms with Crippen LogP contribution in [0.1, 0.15) is 9.49 Å². The number of aliphatic hydroxyl groups is 1.